The lowest BCUT2D eigenvalue weighted by atomic mass is 10.1. The van der Waals surface area contributed by atoms with E-state index >= 15 is 0 Å². The topological polar surface area (TPSA) is 17.1 Å². The molecule has 0 aromatic heterocycles. The minimum absolute atomic E-state index is 0.407. The third kappa shape index (κ3) is 2.33. The third-order valence-electron chi connectivity index (χ3n) is 1.82. The van der Waals surface area contributed by atoms with Crippen LogP contribution >= 0.6 is 11.8 Å². The van der Waals surface area contributed by atoms with Crippen LogP contribution in [0.15, 0.2) is 0 Å². The minimum atomic E-state index is 0.407. The van der Waals surface area contributed by atoms with Crippen LogP contribution in [-0.4, -0.2) is 10.4 Å². The van der Waals surface area contributed by atoms with Crippen molar-refractivity contribution in [1.82, 2.24) is 0 Å². The molecular formula is C8H14OS. The molecule has 1 rings (SSSR count). The van der Waals surface area contributed by atoms with Crippen molar-refractivity contribution in [2.75, 3.05) is 0 Å². The summed E-state index contributed by atoms with van der Waals surface area (Å²) in [7, 11) is 0. The van der Waals surface area contributed by atoms with E-state index in [-0.39, 0.29) is 0 Å². The fourth-order valence-corrected chi connectivity index (χ4v) is 2.58. The number of carbonyl (C=O) groups excluding carboxylic acids is 1. The summed E-state index contributed by atoms with van der Waals surface area (Å²) < 4.78 is 0. The van der Waals surface area contributed by atoms with Gasteiger partial charge in [-0.25, -0.2) is 0 Å². The molecule has 0 aromatic carbocycles. The molecular weight excluding hydrogens is 144 g/mol. The van der Waals surface area contributed by atoms with Crippen molar-refractivity contribution >= 4 is 16.9 Å². The molecule has 0 amide bonds. The molecule has 0 unspecified atom stereocenters. The lowest BCUT2D eigenvalue weighted by Crippen LogP contribution is -2.12. The first-order valence-electron chi connectivity index (χ1n) is 4.02. The summed E-state index contributed by atoms with van der Waals surface area (Å²) in [6.07, 6.45) is 5.62. The molecule has 1 atom stereocenters. The van der Waals surface area contributed by atoms with Gasteiger partial charge in [0.15, 0.2) is 5.12 Å². The van der Waals surface area contributed by atoms with Gasteiger partial charge in [-0.15, -0.1) is 0 Å². The highest BCUT2D eigenvalue weighted by molar-refractivity contribution is 8.14. The van der Waals surface area contributed by atoms with Crippen LogP contribution < -0.4 is 0 Å². The smallest absolute Gasteiger partial charge is 0.189 e. The van der Waals surface area contributed by atoms with Gasteiger partial charge in [0, 0.05) is 11.7 Å². The van der Waals surface area contributed by atoms with Gasteiger partial charge in [0.05, 0.1) is 0 Å². The largest absolute Gasteiger partial charge is 0.287 e. The van der Waals surface area contributed by atoms with Crippen LogP contribution in [0.25, 0.3) is 0 Å². The third-order valence-corrected chi connectivity index (χ3v) is 3.09. The van der Waals surface area contributed by atoms with E-state index in [2.05, 4.69) is 6.92 Å². The fourth-order valence-electron chi connectivity index (χ4n) is 1.30. The van der Waals surface area contributed by atoms with Crippen molar-refractivity contribution in [1.29, 1.82) is 0 Å². The number of carbonyl (C=O) groups is 1. The van der Waals surface area contributed by atoms with Gasteiger partial charge < -0.3 is 0 Å². The van der Waals surface area contributed by atoms with Gasteiger partial charge in [0.2, 0.25) is 0 Å². The average Bonchev–Trinajstić information content (AvgIpc) is 1.88. The van der Waals surface area contributed by atoms with E-state index in [9.17, 15) is 4.79 Å². The lowest BCUT2D eigenvalue weighted by molar-refractivity contribution is -0.111. The Labute approximate surface area is 66.6 Å². The molecule has 0 N–H and O–H groups in total. The summed E-state index contributed by atoms with van der Waals surface area (Å²) in [6, 6.07) is 0. The SMILES string of the molecule is CCC[C@H]1CCCC(=O)S1. The summed E-state index contributed by atoms with van der Waals surface area (Å²) in [5, 5.41) is 1.05. The zero-order valence-electron chi connectivity index (χ0n) is 6.43. The first-order valence-corrected chi connectivity index (χ1v) is 4.90. The van der Waals surface area contributed by atoms with E-state index in [0.717, 1.165) is 12.8 Å². The van der Waals surface area contributed by atoms with E-state index in [1.165, 1.54) is 19.3 Å². The zero-order chi connectivity index (χ0) is 7.40. The van der Waals surface area contributed by atoms with Gasteiger partial charge >= 0.3 is 0 Å². The zero-order valence-corrected chi connectivity index (χ0v) is 7.25. The predicted octanol–water partition coefficient (Wildman–Crippen LogP) is 2.60. The Bertz CT molecular complexity index is 120. The van der Waals surface area contributed by atoms with Crippen LogP contribution in [0.4, 0.5) is 0 Å². The van der Waals surface area contributed by atoms with Crippen LogP contribution in [-0.2, 0) is 4.79 Å². The molecule has 1 heterocycles. The maximum atomic E-state index is 10.9. The molecule has 1 nitrogen and oxygen atoms in total. The normalized spacial score (nSPS) is 26.9. The second-order valence-corrected chi connectivity index (χ2v) is 4.15. The number of thioether (sulfide) groups is 1. The highest BCUT2D eigenvalue weighted by Crippen LogP contribution is 2.29. The fraction of sp³-hybridized carbons (Fsp3) is 0.875. The van der Waals surface area contributed by atoms with Gasteiger partial charge in [-0.05, 0) is 19.3 Å². The van der Waals surface area contributed by atoms with Crippen molar-refractivity contribution in [3.05, 3.63) is 0 Å². The lowest BCUT2D eigenvalue weighted by Gasteiger charge is -2.18. The second kappa shape index (κ2) is 4.02. The van der Waals surface area contributed by atoms with Gasteiger partial charge in [-0.3, -0.25) is 4.79 Å². The molecule has 0 aromatic rings. The number of hydrogen-bond donors (Lipinski definition) is 0. The number of rotatable bonds is 2. The van der Waals surface area contributed by atoms with Crippen LogP contribution in [0, 0.1) is 0 Å². The predicted molar refractivity (Wildman–Crippen MR) is 45.1 cm³/mol. The highest BCUT2D eigenvalue weighted by atomic mass is 32.2. The Kier molecular flexibility index (Phi) is 3.26. The minimum Gasteiger partial charge on any atom is -0.287 e. The van der Waals surface area contributed by atoms with E-state index in [0.29, 0.717) is 10.4 Å². The van der Waals surface area contributed by atoms with Crippen LogP contribution in [0.1, 0.15) is 39.0 Å². The maximum Gasteiger partial charge on any atom is 0.189 e. The summed E-state index contributed by atoms with van der Waals surface area (Å²) in [6.45, 7) is 2.18. The van der Waals surface area contributed by atoms with Gasteiger partial charge in [0.25, 0.3) is 0 Å². The van der Waals surface area contributed by atoms with Crippen molar-refractivity contribution in [3.63, 3.8) is 0 Å². The Hall–Kier alpha value is 0.0200. The van der Waals surface area contributed by atoms with E-state index in [4.69, 9.17) is 0 Å². The Morgan fingerprint density at radius 1 is 1.70 bits per heavy atom. The monoisotopic (exact) mass is 158 g/mol. The van der Waals surface area contributed by atoms with Crippen molar-refractivity contribution < 1.29 is 4.79 Å². The van der Waals surface area contributed by atoms with E-state index in [1.54, 1.807) is 11.8 Å². The average molecular weight is 158 g/mol. The Morgan fingerprint density at radius 2 is 2.50 bits per heavy atom. The first kappa shape index (κ1) is 8.12. The van der Waals surface area contributed by atoms with Gasteiger partial charge in [-0.2, -0.15) is 0 Å². The summed E-state index contributed by atoms with van der Waals surface area (Å²) >= 11 is 1.57. The molecule has 0 radical (unpaired) electrons. The van der Waals surface area contributed by atoms with Gasteiger partial charge in [0.1, 0.15) is 0 Å². The van der Waals surface area contributed by atoms with Crippen LogP contribution in [0.3, 0.4) is 0 Å². The first-order chi connectivity index (χ1) is 4.83. The number of hydrogen-bond acceptors (Lipinski definition) is 2. The molecule has 0 spiro atoms. The highest BCUT2D eigenvalue weighted by Gasteiger charge is 2.18. The van der Waals surface area contributed by atoms with Gasteiger partial charge in [-0.1, -0.05) is 25.1 Å². The molecule has 0 bridgehead atoms. The second-order valence-electron chi connectivity index (χ2n) is 2.79. The van der Waals surface area contributed by atoms with E-state index < -0.39 is 0 Å². The van der Waals surface area contributed by atoms with Crippen molar-refractivity contribution in [2.24, 2.45) is 0 Å². The standard InChI is InChI=1S/C8H14OS/c1-2-4-7-5-3-6-8(9)10-7/h7H,2-6H2,1H3/t7-/m0/s1. The Morgan fingerprint density at radius 3 is 3.10 bits per heavy atom. The molecule has 58 valence electrons. The molecule has 10 heavy (non-hydrogen) atoms. The quantitative estimate of drug-likeness (QED) is 0.614. The summed E-state index contributed by atoms with van der Waals surface area (Å²) in [5.41, 5.74) is 0. The molecule has 1 aliphatic heterocycles. The maximum absolute atomic E-state index is 10.9. The Balaban J connectivity index is 2.25. The summed E-state index contributed by atoms with van der Waals surface area (Å²) in [4.78, 5) is 10.9. The van der Waals surface area contributed by atoms with Crippen LogP contribution in [0.2, 0.25) is 0 Å². The van der Waals surface area contributed by atoms with Crippen molar-refractivity contribution in [2.45, 2.75) is 44.3 Å². The molecule has 1 fully saturated rings. The molecule has 2 heteroatoms. The molecule has 0 aliphatic carbocycles. The molecule has 0 saturated carbocycles. The molecule has 1 saturated heterocycles. The summed E-state index contributed by atoms with van der Waals surface area (Å²) in [5.74, 6) is 0. The molecule has 1 aliphatic rings. The van der Waals surface area contributed by atoms with Crippen LogP contribution in [0.5, 0.6) is 0 Å². The van der Waals surface area contributed by atoms with Crippen molar-refractivity contribution in [3.8, 4) is 0 Å². The van der Waals surface area contributed by atoms with E-state index in [1.807, 2.05) is 0 Å².